The fourth-order valence-electron chi connectivity index (χ4n) is 3.02. The summed E-state index contributed by atoms with van der Waals surface area (Å²) < 4.78 is 0. The zero-order valence-corrected chi connectivity index (χ0v) is 13.2. The van der Waals surface area contributed by atoms with Crippen LogP contribution in [0.2, 0.25) is 0 Å². The Morgan fingerprint density at radius 1 is 1.43 bits per heavy atom. The number of fused-ring (bicyclic) bond motifs is 1. The first-order valence-electron chi connectivity index (χ1n) is 7.70. The molecule has 21 heavy (non-hydrogen) atoms. The number of anilines is 2. The van der Waals surface area contributed by atoms with Crippen LogP contribution in [0.1, 0.15) is 32.6 Å². The average molecular weight is 306 g/mol. The second kappa shape index (κ2) is 6.58. The molecule has 1 saturated heterocycles. The number of thiophene rings is 1. The fourth-order valence-corrected chi connectivity index (χ4v) is 3.78. The van der Waals surface area contributed by atoms with Crippen molar-refractivity contribution in [2.45, 2.75) is 38.6 Å². The van der Waals surface area contributed by atoms with E-state index in [9.17, 15) is 5.11 Å². The lowest BCUT2D eigenvalue weighted by Gasteiger charge is -2.37. The van der Waals surface area contributed by atoms with E-state index in [1.165, 1.54) is 12.8 Å². The number of aliphatic hydroxyl groups is 1. The first kappa shape index (κ1) is 14.5. The van der Waals surface area contributed by atoms with Crippen molar-refractivity contribution in [3.8, 4) is 0 Å². The van der Waals surface area contributed by atoms with Gasteiger partial charge in [-0.25, -0.2) is 4.98 Å². The summed E-state index contributed by atoms with van der Waals surface area (Å²) in [6.07, 6.45) is 4.37. The Morgan fingerprint density at radius 3 is 3.14 bits per heavy atom. The number of aromatic nitrogens is 2. The van der Waals surface area contributed by atoms with Gasteiger partial charge in [0.25, 0.3) is 0 Å². The van der Waals surface area contributed by atoms with Gasteiger partial charge < -0.3 is 15.3 Å². The van der Waals surface area contributed by atoms with Gasteiger partial charge in [-0.15, -0.1) is 11.3 Å². The molecule has 1 atom stereocenters. The van der Waals surface area contributed by atoms with E-state index in [-0.39, 0.29) is 6.61 Å². The zero-order valence-electron chi connectivity index (χ0n) is 12.4. The molecule has 0 bridgehead atoms. The Labute approximate surface area is 129 Å². The third-order valence-electron chi connectivity index (χ3n) is 4.00. The molecule has 0 aliphatic carbocycles. The topological polar surface area (TPSA) is 61.3 Å². The molecule has 0 radical (unpaired) electrons. The molecule has 6 heteroatoms. The highest BCUT2D eigenvalue weighted by Crippen LogP contribution is 2.33. The van der Waals surface area contributed by atoms with E-state index in [0.717, 1.165) is 42.0 Å². The van der Waals surface area contributed by atoms with Crippen molar-refractivity contribution in [2.24, 2.45) is 0 Å². The van der Waals surface area contributed by atoms with Crippen LogP contribution in [0.15, 0.2) is 11.4 Å². The number of aliphatic hydroxyl groups excluding tert-OH is 1. The van der Waals surface area contributed by atoms with Crippen LogP contribution in [-0.2, 0) is 0 Å². The van der Waals surface area contributed by atoms with Gasteiger partial charge >= 0.3 is 0 Å². The fraction of sp³-hybridized carbons (Fsp3) is 0.600. The van der Waals surface area contributed by atoms with Crippen LogP contribution in [0, 0.1) is 0 Å². The molecule has 5 nitrogen and oxygen atoms in total. The molecule has 1 unspecified atom stereocenters. The third kappa shape index (κ3) is 2.96. The second-order valence-corrected chi connectivity index (χ2v) is 6.29. The SMILES string of the molecule is CCNc1nc(N2CCCCC2CCO)c2ccsc2n1. The molecule has 1 fully saturated rings. The molecule has 0 amide bonds. The maximum atomic E-state index is 9.33. The van der Waals surface area contributed by atoms with Gasteiger partial charge in [0.05, 0.1) is 5.39 Å². The van der Waals surface area contributed by atoms with Crippen LogP contribution in [0.5, 0.6) is 0 Å². The van der Waals surface area contributed by atoms with Crippen LogP contribution in [0.4, 0.5) is 11.8 Å². The van der Waals surface area contributed by atoms with Gasteiger partial charge in [-0.1, -0.05) is 0 Å². The molecule has 3 rings (SSSR count). The summed E-state index contributed by atoms with van der Waals surface area (Å²) in [5.41, 5.74) is 0. The molecular weight excluding hydrogens is 284 g/mol. The molecule has 2 aromatic heterocycles. The first-order chi connectivity index (χ1) is 10.3. The zero-order chi connectivity index (χ0) is 14.7. The Bertz CT molecular complexity index is 598. The highest BCUT2D eigenvalue weighted by molar-refractivity contribution is 7.16. The standard InChI is InChI=1S/C15H22N4OS/c1-2-16-15-17-13(12-7-10-21-14(12)18-15)19-8-4-3-5-11(19)6-9-20/h7,10-11,20H,2-6,8-9H2,1H3,(H,16,17,18). The van der Waals surface area contributed by atoms with Gasteiger partial charge in [0, 0.05) is 25.7 Å². The summed E-state index contributed by atoms with van der Waals surface area (Å²) in [4.78, 5) is 12.7. The lowest BCUT2D eigenvalue weighted by molar-refractivity contribution is 0.262. The summed E-state index contributed by atoms with van der Waals surface area (Å²) in [7, 11) is 0. The molecule has 114 valence electrons. The molecule has 3 heterocycles. The van der Waals surface area contributed by atoms with Crippen molar-refractivity contribution < 1.29 is 5.11 Å². The minimum absolute atomic E-state index is 0.235. The quantitative estimate of drug-likeness (QED) is 0.889. The molecule has 0 saturated carbocycles. The highest BCUT2D eigenvalue weighted by Gasteiger charge is 2.25. The first-order valence-corrected chi connectivity index (χ1v) is 8.58. The Morgan fingerprint density at radius 2 is 2.33 bits per heavy atom. The van der Waals surface area contributed by atoms with E-state index < -0.39 is 0 Å². The van der Waals surface area contributed by atoms with Gasteiger partial charge in [0.2, 0.25) is 5.95 Å². The van der Waals surface area contributed by atoms with Gasteiger partial charge in [-0.2, -0.15) is 4.98 Å². The van der Waals surface area contributed by atoms with Crippen molar-refractivity contribution in [3.63, 3.8) is 0 Å². The summed E-state index contributed by atoms with van der Waals surface area (Å²) in [5.74, 6) is 1.73. The third-order valence-corrected chi connectivity index (χ3v) is 4.81. The van der Waals surface area contributed by atoms with E-state index in [2.05, 4.69) is 33.6 Å². The molecule has 0 spiro atoms. The van der Waals surface area contributed by atoms with Crippen LogP contribution in [0.25, 0.3) is 10.2 Å². The minimum Gasteiger partial charge on any atom is -0.396 e. The summed E-state index contributed by atoms with van der Waals surface area (Å²) in [6, 6.07) is 2.49. The van der Waals surface area contributed by atoms with Crippen molar-refractivity contribution >= 4 is 33.3 Å². The van der Waals surface area contributed by atoms with Crippen LogP contribution in [0.3, 0.4) is 0 Å². The number of rotatable bonds is 5. The van der Waals surface area contributed by atoms with Gasteiger partial charge in [-0.3, -0.25) is 0 Å². The van der Waals surface area contributed by atoms with E-state index in [0.29, 0.717) is 12.0 Å². The van der Waals surface area contributed by atoms with E-state index in [1.807, 2.05) is 0 Å². The number of piperidine rings is 1. The Balaban J connectivity index is 2.01. The van der Waals surface area contributed by atoms with E-state index in [4.69, 9.17) is 4.98 Å². The van der Waals surface area contributed by atoms with Crippen LogP contribution < -0.4 is 10.2 Å². The largest absolute Gasteiger partial charge is 0.396 e. The lowest BCUT2D eigenvalue weighted by Crippen LogP contribution is -2.40. The molecule has 2 N–H and O–H groups in total. The smallest absolute Gasteiger partial charge is 0.226 e. The molecule has 0 aromatic carbocycles. The lowest BCUT2D eigenvalue weighted by atomic mass is 9.99. The maximum absolute atomic E-state index is 9.33. The van der Waals surface area contributed by atoms with Gasteiger partial charge in [0.1, 0.15) is 10.6 Å². The molecule has 1 aliphatic rings. The number of nitrogens with zero attached hydrogens (tertiary/aromatic N) is 3. The van der Waals surface area contributed by atoms with Crippen LogP contribution >= 0.6 is 11.3 Å². The monoisotopic (exact) mass is 306 g/mol. The second-order valence-electron chi connectivity index (χ2n) is 5.40. The van der Waals surface area contributed by atoms with Crippen molar-refractivity contribution in [1.29, 1.82) is 0 Å². The van der Waals surface area contributed by atoms with Gasteiger partial charge in [-0.05, 0) is 44.1 Å². The molecule has 1 aliphatic heterocycles. The normalized spacial score (nSPS) is 19.1. The number of hydrogen-bond acceptors (Lipinski definition) is 6. The summed E-state index contributed by atoms with van der Waals surface area (Å²) in [5, 5.41) is 15.8. The highest BCUT2D eigenvalue weighted by atomic mass is 32.1. The van der Waals surface area contributed by atoms with Crippen LogP contribution in [-0.4, -0.2) is 40.8 Å². The number of hydrogen-bond donors (Lipinski definition) is 2. The Kier molecular flexibility index (Phi) is 4.55. The maximum Gasteiger partial charge on any atom is 0.226 e. The van der Waals surface area contributed by atoms with Crippen molar-refractivity contribution in [1.82, 2.24) is 9.97 Å². The van der Waals surface area contributed by atoms with E-state index in [1.54, 1.807) is 11.3 Å². The predicted molar refractivity (Wildman–Crippen MR) is 88.3 cm³/mol. The summed E-state index contributed by atoms with van der Waals surface area (Å²) in [6.45, 7) is 4.12. The van der Waals surface area contributed by atoms with Crippen molar-refractivity contribution in [2.75, 3.05) is 29.9 Å². The molecular formula is C15H22N4OS. The molecule has 2 aromatic rings. The van der Waals surface area contributed by atoms with Gasteiger partial charge in [0.15, 0.2) is 0 Å². The van der Waals surface area contributed by atoms with E-state index >= 15 is 0 Å². The average Bonchev–Trinajstić information content (AvgIpc) is 2.96. The summed E-state index contributed by atoms with van der Waals surface area (Å²) >= 11 is 1.65. The minimum atomic E-state index is 0.235. The predicted octanol–water partition coefficient (Wildman–Crippen LogP) is 2.86. The van der Waals surface area contributed by atoms with Crippen molar-refractivity contribution in [3.05, 3.63) is 11.4 Å². The Hall–Kier alpha value is -1.40. The number of nitrogens with one attached hydrogen (secondary N) is 1.